The van der Waals surface area contributed by atoms with Gasteiger partial charge in [-0.05, 0) is 48.9 Å². The van der Waals surface area contributed by atoms with Crippen LogP contribution < -0.4 is 5.73 Å². The van der Waals surface area contributed by atoms with Crippen LogP contribution in [0.1, 0.15) is 11.1 Å². The second-order valence-corrected chi connectivity index (χ2v) is 5.84. The van der Waals surface area contributed by atoms with E-state index in [4.69, 9.17) is 17.3 Å². The first-order valence-corrected chi connectivity index (χ1v) is 7.72. The molecular weight excluding hydrogens is 344 g/mol. The van der Waals surface area contributed by atoms with Crippen LogP contribution >= 0.6 is 11.6 Å². The van der Waals surface area contributed by atoms with Gasteiger partial charge in [0.15, 0.2) is 0 Å². The van der Waals surface area contributed by atoms with Crippen molar-refractivity contribution in [2.45, 2.75) is 6.92 Å². The van der Waals surface area contributed by atoms with E-state index in [1.807, 2.05) is 6.07 Å². The topological polar surface area (TPSA) is 62.7 Å². The molecule has 25 heavy (non-hydrogen) atoms. The van der Waals surface area contributed by atoms with E-state index in [-0.39, 0.29) is 33.3 Å². The Morgan fingerprint density at radius 3 is 2.36 bits per heavy atom. The lowest BCUT2D eigenvalue weighted by Gasteiger charge is -2.16. The van der Waals surface area contributed by atoms with E-state index in [2.05, 4.69) is 4.98 Å². The van der Waals surface area contributed by atoms with E-state index < -0.39 is 5.82 Å². The Balaban J connectivity index is 2.39. The van der Waals surface area contributed by atoms with E-state index in [0.29, 0.717) is 16.8 Å². The summed E-state index contributed by atoms with van der Waals surface area (Å²) < 4.78 is 27.6. The van der Waals surface area contributed by atoms with Crippen molar-refractivity contribution in [3.05, 3.63) is 70.2 Å². The number of nitrogen functional groups attached to an aromatic ring is 1. The standard InChI is InChI=1S/C19H12ClF2N3/c1-10-16(17-14(20)3-2-4-15(17)22)13(9-23)19(24)25-18(10)11-5-7-12(21)8-6-11/h2-8H,1H3,(H2,24,25). The summed E-state index contributed by atoms with van der Waals surface area (Å²) in [4.78, 5) is 4.26. The quantitative estimate of drug-likeness (QED) is 0.694. The van der Waals surface area contributed by atoms with E-state index >= 15 is 0 Å². The molecule has 0 bridgehead atoms. The molecule has 0 aliphatic rings. The summed E-state index contributed by atoms with van der Waals surface area (Å²) >= 11 is 6.18. The lowest BCUT2D eigenvalue weighted by molar-refractivity contribution is 0.628. The fraction of sp³-hybridized carbons (Fsp3) is 0.0526. The van der Waals surface area contributed by atoms with E-state index in [0.717, 1.165) is 0 Å². The molecule has 3 nitrogen and oxygen atoms in total. The van der Waals surface area contributed by atoms with Crippen molar-refractivity contribution in [2.24, 2.45) is 0 Å². The predicted octanol–water partition coefficient (Wildman–Crippen LogP) is 5.11. The average molecular weight is 356 g/mol. The van der Waals surface area contributed by atoms with Gasteiger partial charge in [-0.15, -0.1) is 0 Å². The fourth-order valence-corrected chi connectivity index (χ4v) is 3.00. The second-order valence-electron chi connectivity index (χ2n) is 5.44. The molecule has 0 saturated carbocycles. The zero-order chi connectivity index (χ0) is 18.1. The number of halogens is 3. The number of nitrogens with two attached hydrogens (primary N) is 1. The maximum atomic E-state index is 14.4. The van der Waals surface area contributed by atoms with Crippen LogP contribution in [-0.2, 0) is 0 Å². The molecule has 0 amide bonds. The van der Waals surface area contributed by atoms with Gasteiger partial charge >= 0.3 is 0 Å². The first kappa shape index (κ1) is 16.9. The summed E-state index contributed by atoms with van der Waals surface area (Å²) in [5, 5.41) is 9.64. The normalized spacial score (nSPS) is 10.5. The fourth-order valence-electron chi connectivity index (χ4n) is 2.75. The summed E-state index contributed by atoms with van der Waals surface area (Å²) in [6, 6.07) is 11.9. The highest BCUT2D eigenvalue weighted by Crippen LogP contribution is 2.40. The van der Waals surface area contributed by atoms with Gasteiger partial charge in [-0.2, -0.15) is 5.26 Å². The Kier molecular flexibility index (Phi) is 4.39. The third kappa shape index (κ3) is 2.92. The van der Waals surface area contributed by atoms with Gasteiger partial charge in [0, 0.05) is 16.7 Å². The highest BCUT2D eigenvalue weighted by Gasteiger charge is 2.22. The number of nitrogens with zero attached hydrogens (tertiary/aromatic N) is 2. The minimum absolute atomic E-state index is 0.0401. The first-order chi connectivity index (χ1) is 11.9. The summed E-state index contributed by atoms with van der Waals surface area (Å²) in [7, 11) is 0. The molecular formula is C19H12ClF2N3. The summed E-state index contributed by atoms with van der Waals surface area (Å²) in [6.07, 6.45) is 0. The molecule has 124 valence electrons. The van der Waals surface area contributed by atoms with Crippen LogP contribution in [0.3, 0.4) is 0 Å². The van der Waals surface area contributed by atoms with Gasteiger partial charge in [-0.25, -0.2) is 13.8 Å². The van der Waals surface area contributed by atoms with Crippen LogP contribution in [0, 0.1) is 29.9 Å². The molecule has 6 heteroatoms. The Labute approximate surface area is 148 Å². The van der Waals surface area contributed by atoms with E-state index in [1.165, 1.54) is 30.3 Å². The third-order valence-electron chi connectivity index (χ3n) is 3.91. The Bertz CT molecular complexity index is 988. The summed E-state index contributed by atoms with van der Waals surface area (Å²) in [5.74, 6) is -0.995. The zero-order valence-corrected chi connectivity index (χ0v) is 13.9. The van der Waals surface area contributed by atoms with Gasteiger partial charge in [0.25, 0.3) is 0 Å². The van der Waals surface area contributed by atoms with Gasteiger partial charge in [-0.1, -0.05) is 17.7 Å². The smallest absolute Gasteiger partial charge is 0.142 e. The highest BCUT2D eigenvalue weighted by molar-refractivity contribution is 6.33. The number of hydrogen-bond donors (Lipinski definition) is 1. The number of rotatable bonds is 2. The molecule has 2 N–H and O–H groups in total. The lowest BCUT2D eigenvalue weighted by Crippen LogP contribution is -2.04. The minimum Gasteiger partial charge on any atom is -0.383 e. The predicted molar refractivity (Wildman–Crippen MR) is 93.9 cm³/mol. The Morgan fingerprint density at radius 2 is 1.76 bits per heavy atom. The molecule has 1 heterocycles. The van der Waals surface area contributed by atoms with Crippen LogP contribution in [-0.4, -0.2) is 4.98 Å². The minimum atomic E-state index is -0.567. The van der Waals surface area contributed by atoms with Crippen molar-refractivity contribution >= 4 is 17.4 Å². The van der Waals surface area contributed by atoms with Gasteiger partial charge in [0.2, 0.25) is 0 Å². The van der Waals surface area contributed by atoms with Crippen molar-refractivity contribution in [3.63, 3.8) is 0 Å². The van der Waals surface area contributed by atoms with Crippen molar-refractivity contribution in [1.29, 1.82) is 5.26 Å². The number of nitriles is 1. The Morgan fingerprint density at radius 1 is 1.08 bits per heavy atom. The van der Waals surface area contributed by atoms with Gasteiger partial charge < -0.3 is 5.73 Å². The van der Waals surface area contributed by atoms with Crippen molar-refractivity contribution in [1.82, 2.24) is 4.98 Å². The van der Waals surface area contributed by atoms with E-state index in [9.17, 15) is 14.0 Å². The van der Waals surface area contributed by atoms with E-state index in [1.54, 1.807) is 19.1 Å². The van der Waals surface area contributed by atoms with Gasteiger partial charge in [0.1, 0.15) is 29.1 Å². The highest BCUT2D eigenvalue weighted by atomic mass is 35.5. The van der Waals surface area contributed by atoms with Crippen molar-refractivity contribution in [2.75, 3.05) is 5.73 Å². The molecule has 0 atom stereocenters. The number of anilines is 1. The molecule has 3 aromatic rings. The van der Waals surface area contributed by atoms with Crippen LogP contribution in [0.2, 0.25) is 5.02 Å². The first-order valence-electron chi connectivity index (χ1n) is 7.34. The van der Waals surface area contributed by atoms with Crippen molar-refractivity contribution in [3.8, 4) is 28.5 Å². The third-order valence-corrected chi connectivity index (χ3v) is 4.23. The number of benzene rings is 2. The maximum Gasteiger partial charge on any atom is 0.142 e. The van der Waals surface area contributed by atoms with Gasteiger partial charge in [-0.3, -0.25) is 0 Å². The molecule has 0 fully saturated rings. The largest absolute Gasteiger partial charge is 0.383 e. The van der Waals surface area contributed by atoms with Crippen molar-refractivity contribution < 1.29 is 8.78 Å². The second kappa shape index (κ2) is 6.50. The average Bonchev–Trinajstić information content (AvgIpc) is 2.58. The molecule has 3 rings (SSSR count). The monoisotopic (exact) mass is 355 g/mol. The zero-order valence-electron chi connectivity index (χ0n) is 13.1. The molecule has 1 aromatic heterocycles. The molecule has 0 unspecified atom stereocenters. The maximum absolute atomic E-state index is 14.4. The molecule has 0 saturated heterocycles. The lowest BCUT2D eigenvalue weighted by atomic mass is 9.92. The molecule has 0 aliphatic heterocycles. The molecule has 0 spiro atoms. The summed E-state index contributed by atoms with van der Waals surface area (Å²) in [5.41, 5.74) is 7.94. The Hall–Kier alpha value is -2.97. The summed E-state index contributed by atoms with van der Waals surface area (Å²) in [6.45, 7) is 1.70. The SMILES string of the molecule is Cc1c(-c2ccc(F)cc2)nc(N)c(C#N)c1-c1c(F)cccc1Cl. The number of aromatic nitrogens is 1. The number of hydrogen-bond acceptors (Lipinski definition) is 3. The molecule has 0 aliphatic carbocycles. The van der Waals surface area contributed by atoms with Crippen LogP contribution in [0.5, 0.6) is 0 Å². The molecule has 0 radical (unpaired) electrons. The van der Waals surface area contributed by atoms with Crippen LogP contribution in [0.15, 0.2) is 42.5 Å². The van der Waals surface area contributed by atoms with Crippen LogP contribution in [0.4, 0.5) is 14.6 Å². The van der Waals surface area contributed by atoms with Crippen LogP contribution in [0.25, 0.3) is 22.4 Å². The number of pyridine rings is 1. The van der Waals surface area contributed by atoms with Gasteiger partial charge in [0.05, 0.1) is 10.7 Å². The molecule has 2 aromatic carbocycles.